The van der Waals surface area contributed by atoms with Gasteiger partial charge < -0.3 is 15.0 Å². The molecule has 0 aliphatic heterocycles. The van der Waals surface area contributed by atoms with Crippen LogP contribution in [0.5, 0.6) is 0 Å². The molecule has 0 fully saturated rings. The Balaban J connectivity index is 2.56. The number of aromatic nitrogens is 2. The lowest BCUT2D eigenvalue weighted by molar-refractivity contribution is -0.138. The third kappa shape index (κ3) is 4.20. The molecule has 18 heavy (non-hydrogen) atoms. The number of hydrogen-bond donors (Lipinski definition) is 2. The third-order valence-corrected chi connectivity index (χ3v) is 2.78. The smallest absolute Gasteiger partial charge is 0.305 e. The zero-order valence-corrected chi connectivity index (χ0v) is 10.9. The van der Waals surface area contributed by atoms with Crippen molar-refractivity contribution in [3.05, 3.63) is 18.2 Å². The van der Waals surface area contributed by atoms with Crippen molar-refractivity contribution in [1.29, 1.82) is 0 Å². The SMILES string of the molecule is Cc1nccn1CC(=O)N[C@@H](CC(=O)O)C(C)C. The molecule has 2 N–H and O–H groups in total. The summed E-state index contributed by atoms with van der Waals surface area (Å²) in [6, 6.07) is -0.348. The second-order valence-electron chi connectivity index (χ2n) is 4.62. The second-order valence-corrected chi connectivity index (χ2v) is 4.62. The van der Waals surface area contributed by atoms with Crippen molar-refractivity contribution >= 4 is 11.9 Å². The Bertz CT molecular complexity index is 426. The molecule has 1 aromatic rings. The fourth-order valence-corrected chi connectivity index (χ4v) is 1.62. The first-order chi connectivity index (χ1) is 8.40. The number of hydrogen-bond acceptors (Lipinski definition) is 3. The number of carboxylic acids is 1. The number of carbonyl (C=O) groups excluding carboxylic acids is 1. The van der Waals surface area contributed by atoms with Crippen LogP contribution in [0.15, 0.2) is 12.4 Å². The Morgan fingerprint density at radius 2 is 2.17 bits per heavy atom. The highest BCUT2D eigenvalue weighted by atomic mass is 16.4. The Morgan fingerprint density at radius 1 is 1.50 bits per heavy atom. The number of nitrogens with one attached hydrogen (secondary N) is 1. The Labute approximate surface area is 106 Å². The van der Waals surface area contributed by atoms with Crippen molar-refractivity contribution in [2.24, 2.45) is 5.92 Å². The lowest BCUT2D eigenvalue weighted by Gasteiger charge is -2.20. The van der Waals surface area contributed by atoms with E-state index in [9.17, 15) is 9.59 Å². The van der Waals surface area contributed by atoms with Gasteiger partial charge in [-0.25, -0.2) is 4.98 Å². The molecular formula is C12H19N3O3. The summed E-state index contributed by atoms with van der Waals surface area (Å²) in [5.41, 5.74) is 0. The summed E-state index contributed by atoms with van der Waals surface area (Å²) in [7, 11) is 0. The van der Waals surface area contributed by atoms with Gasteiger partial charge in [-0.05, 0) is 12.8 Å². The first-order valence-corrected chi connectivity index (χ1v) is 5.89. The van der Waals surface area contributed by atoms with E-state index in [1.807, 2.05) is 20.8 Å². The van der Waals surface area contributed by atoms with Crippen LogP contribution in [0.1, 0.15) is 26.1 Å². The van der Waals surface area contributed by atoms with E-state index in [2.05, 4.69) is 10.3 Å². The minimum atomic E-state index is -0.909. The first kappa shape index (κ1) is 14.2. The van der Waals surface area contributed by atoms with Crippen LogP contribution in [0.3, 0.4) is 0 Å². The molecule has 0 radical (unpaired) electrons. The van der Waals surface area contributed by atoms with E-state index < -0.39 is 5.97 Å². The van der Waals surface area contributed by atoms with E-state index in [0.29, 0.717) is 0 Å². The first-order valence-electron chi connectivity index (χ1n) is 5.89. The third-order valence-electron chi connectivity index (χ3n) is 2.78. The fraction of sp³-hybridized carbons (Fsp3) is 0.583. The van der Waals surface area contributed by atoms with Crippen molar-refractivity contribution in [3.8, 4) is 0 Å². The zero-order chi connectivity index (χ0) is 13.7. The molecule has 6 heteroatoms. The Morgan fingerprint density at radius 3 is 2.61 bits per heavy atom. The number of carboxylic acid groups (broad SMARTS) is 1. The average molecular weight is 253 g/mol. The standard InChI is InChI=1S/C12H19N3O3/c1-8(2)10(6-12(17)18)14-11(16)7-15-5-4-13-9(15)3/h4-5,8,10H,6-7H2,1-3H3,(H,14,16)(H,17,18)/t10-/m0/s1. The van der Waals surface area contributed by atoms with Gasteiger partial charge in [0.1, 0.15) is 12.4 Å². The average Bonchev–Trinajstić information content (AvgIpc) is 2.62. The summed E-state index contributed by atoms with van der Waals surface area (Å²) in [4.78, 5) is 26.5. The Kier molecular flexibility index (Phi) is 4.88. The number of aryl methyl sites for hydroxylation is 1. The highest BCUT2D eigenvalue weighted by Crippen LogP contribution is 2.06. The number of nitrogens with zero attached hydrogens (tertiary/aromatic N) is 2. The molecule has 1 heterocycles. The maximum absolute atomic E-state index is 11.8. The number of aliphatic carboxylic acids is 1. The summed E-state index contributed by atoms with van der Waals surface area (Å²) < 4.78 is 1.72. The van der Waals surface area contributed by atoms with E-state index in [1.54, 1.807) is 17.0 Å². The highest BCUT2D eigenvalue weighted by molar-refractivity contribution is 5.77. The van der Waals surface area contributed by atoms with Gasteiger partial charge in [-0.15, -0.1) is 0 Å². The van der Waals surface area contributed by atoms with Gasteiger partial charge >= 0.3 is 5.97 Å². The number of carbonyl (C=O) groups is 2. The van der Waals surface area contributed by atoms with Crippen LogP contribution in [-0.2, 0) is 16.1 Å². The summed E-state index contributed by atoms with van der Waals surface area (Å²) in [6.07, 6.45) is 3.28. The van der Waals surface area contributed by atoms with E-state index >= 15 is 0 Å². The number of amides is 1. The van der Waals surface area contributed by atoms with Crippen LogP contribution in [0.25, 0.3) is 0 Å². The summed E-state index contributed by atoms with van der Waals surface area (Å²) in [6.45, 7) is 5.74. The largest absolute Gasteiger partial charge is 0.481 e. The molecule has 0 bridgehead atoms. The fourth-order valence-electron chi connectivity index (χ4n) is 1.62. The molecule has 0 aliphatic rings. The van der Waals surface area contributed by atoms with E-state index in [4.69, 9.17) is 5.11 Å². The topological polar surface area (TPSA) is 84.2 Å². The highest BCUT2D eigenvalue weighted by Gasteiger charge is 2.19. The second kappa shape index (κ2) is 6.18. The minimum absolute atomic E-state index is 0.0632. The normalized spacial score (nSPS) is 12.4. The van der Waals surface area contributed by atoms with Crippen molar-refractivity contribution < 1.29 is 14.7 Å². The zero-order valence-electron chi connectivity index (χ0n) is 10.9. The van der Waals surface area contributed by atoms with Crippen LogP contribution in [0.4, 0.5) is 0 Å². The molecule has 1 atom stereocenters. The predicted octanol–water partition coefficient (Wildman–Crippen LogP) is 0.807. The van der Waals surface area contributed by atoms with Gasteiger partial charge in [0.25, 0.3) is 0 Å². The summed E-state index contributed by atoms with van der Waals surface area (Å²) in [5.74, 6) is -0.276. The molecule has 1 aromatic heterocycles. The van der Waals surface area contributed by atoms with Gasteiger partial charge in [-0.2, -0.15) is 0 Å². The molecule has 0 saturated heterocycles. The van der Waals surface area contributed by atoms with Gasteiger partial charge in [0, 0.05) is 18.4 Å². The van der Waals surface area contributed by atoms with E-state index in [0.717, 1.165) is 5.82 Å². The maximum Gasteiger partial charge on any atom is 0.305 e. The number of rotatable bonds is 6. The monoisotopic (exact) mass is 253 g/mol. The summed E-state index contributed by atoms with van der Waals surface area (Å²) >= 11 is 0. The summed E-state index contributed by atoms with van der Waals surface area (Å²) in [5, 5.41) is 11.5. The Hall–Kier alpha value is -1.85. The van der Waals surface area contributed by atoms with Crippen molar-refractivity contribution in [1.82, 2.24) is 14.9 Å². The lowest BCUT2D eigenvalue weighted by Crippen LogP contribution is -2.41. The molecule has 0 aromatic carbocycles. The number of imidazole rings is 1. The lowest BCUT2D eigenvalue weighted by atomic mass is 10.0. The van der Waals surface area contributed by atoms with Gasteiger partial charge in [-0.1, -0.05) is 13.8 Å². The van der Waals surface area contributed by atoms with Gasteiger partial charge in [-0.3, -0.25) is 9.59 Å². The van der Waals surface area contributed by atoms with Crippen LogP contribution in [0.2, 0.25) is 0 Å². The van der Waals surface area contributed by atoms with Crippen molar-refractivity contribution in [2.75, 3.05) is 0 Å². The molecule has 0 saturated carbocycles. The van der Waals surface area contributed by atoms with Crippen LogP contribution in [-0.4, -0.2) is 32.6 Å². The van der Waals surface area contributed by atoms with E-state index in [-0.39, 0.29) is 30.8 Å². The molecule has 1 amide bonds. The van der Waals surface area contributed by atoms with Gasteiger partial charge in [0.15, 0.2) is 0 Å². The van der Waals surface area contributed by atoms with Crippen molar-refractivity contribution in [3.63, 3.8) is 0 Å². The van der Waals surface area contributed by atoms with Crippen molar-refractivity contribution in [2.45, 2.75) is 39.8 Å². The van der Waals surface area contributed by atoms with Gasteiger partial charge in [0.2, 0.25) is 5.91 Å². The minimum Gasteiger partial charge on any atom is -0.481 e. The van der Waals surface area contributed by atoms with Crippen LogP contribution in [0, 0.1) is 12.8 Å². The molecule has 0 unspecified atom stereocenters. The molecular weight excluding hydrogens is 234 g/mol. The predicted molar refractivity (Wildman–Crippen MR) is 66.0 cm³/mol. The quantitative estimate of drug-likeness (QED) is 0.785. The maximum atomic E-state index is 11.8. The van der Waals surface area contributed by atoms with Crippen LogP contribution < -0.4 is 5.32 Å². The van der Waals surface area contributed by atoms with Gasteiger partial charge in [0.05, 0.1) is 6.42 Å². The molecule has 0 aliphatic carbocycles. The molecule has 100 valence electrons. The molecule has 1 rings (SSSR count). The van der Waals surface area contributed by atoms with Crippen LogP contribution >= 0.6 is 0 Å². The van der Waals surface area contributed by atoms with E-state index in [1.165, 1.54) is 0 Å². The molecule has 0 spiro atoms. The molecule has 6 nitrogen and oxygen atoms in total.